The van der Waals surface area contributed by atoms with Crippen LogP contribution in [0.2, 0.25) is 5.02 Å². The monoisotopic (exact) mass is 362 g/mol. The Bertz CT molecular complexity index is 734. The number of rotatable bonds is 7. The Morgan fingerprint density at radius 3 is 2.56 bits per heavy atom. The van der Waals surface area contributed by atoms with Gasteiger partial charge in [0.15, 0.2) is 0 Å². The molecule has 0 aliphatic rings. The molecule has 2 rings (SSSR count). The molecule has 0 saturated heterocycles. The normalized spacial score (nSPS) is 10.4. The van der Waals surface area contributed by atoms with E-state index in [1.54, 1.807) is 18.0 Å². The minimum atomic E-state index is -0.384. The van der Waals surface area contributed by atoms with E-state index in [1.807, 2.05) is 18.2 Å². The number of nitrogens with one attached hydrogen (secondary N) is 1. The summed E-state index contributed by atoms with van der Waals surface area (Å²) in [7, 11) is 1.74. The molecule has 0 spiro atoms. The van der Waals surface area contributed by atoms with Crippen LogP contribution < -0.4 is 5.32 Å². The van der Waals surface area contributed by atoms with Crippen molar-refractivity contribution in [1.82, 2.24) is 10.2 Å². The molecule has 0 aliphatic heterocycles. The standard InChI is InChI=1S/C19H20ClFN2O2/c1-23(13-14-4-2-5-16(20)12-14)18(24)6-3-11-22-19(25)15-7-9-17(21)10-8-15/h2,4-5,7-10,12H,3,6,11,13H2,1H3,(H,22,25). The fourth-order valence-corrected chi connectivity index (χ4v) is 2.55. The Hall–Kier alpha value is -2.40. The maximum absolute atomic E-state index is 12.8. The van der Waals surface area contributed by atoms with E-state index in [0.29, 0.717) is 36.5 Å². The molecule has 132 valence electrons. The second-order valence-electron chi connectivity index (χ2n) is 5.75. The lowest BCUT2D eigenvalue weighted by Gasteiger charge is -2.17. The lowest BCUT2D eigenvalue weighted by atomic mass is 10.2. The van der Waals surface area contributed by atoms with Crippen LogP contribution in [0.3, 0.4) is 0 Å². The van der Waals surface area contributed by atoms with Gasteiger partial charge in [0.25, 0.3) is 5.91 Å². The number of carbonyl (C=O) groups is 2. The molecule has 0 atom stereocenters. The third-order valence-electron chi connectivity index (χ3n) is 3.69. The zero-order valence-corrected chi connectivity index (χ0v) is 14.7. The number of amides is 2. The van der Waals surface area contributed by atoms with E-state index in [9.17, 15) is 14.0 Å². The van der Waals surface area contributed by atoms with Crippen LogP contribution in [-0.2, 0) is 11.3 Å². The van der Waals surface area contributed by atoms with Crippen LogP contribution in [0.1, 0.15) is 28.8 Å². The fourth-order valence-electron chi connectivity index (χ4n) is 2.33. The quantitative estimate of drug-likeness (QED) is 0.764. The van der Waals surface area contributed by atoms with E-state index in [1.165, 1.54) is 24.3 Å². The second kappa shape index (κ2) is 9.18. The summed E-state index contributed by atoms with van der Waals surface area (Å²) in [4.78, 5) is 25.6. The zero-order chi connectivity index (χ0) is 18.2. The summed E-state index contributed by atoms with van der Waals surface area (Å²) < 4.78 is 12.8. The van der Waals surface area contributed by atoms with Gasteiger partial charge in [0.1, 0.15) is 5.82 Å². The lowest BCUT2D eigenvalue weighted by Crippen LogP contribution is -2.28. The maximum atomic E-state index is 12.8. The molecular weight excluding hydrogens is 343 g/mol. The highest BCUT2D eigenvalue weighted by molar-refractivity contribution is 6.30. The Morgan fingerprint density at radius 2 is 1.88 bits per heavy atom. The van der Waals surface area contributed by atoms with E-state index in [4.69, 9.17) is 11.6 Å². The van der Waals surface area contributed by atoms with Crippen LogP contribution in [0.25, 0.3) is 0 Å². The lowest BCUT2D eigenvalue weighted by molar-refractivity contribution is -0.130. The third kappa shape index (κ3) is 6.19. The van der Waals surface area contributed by atoms with E-state index in [2.05, 4.69) is 5.32 Å². The van der Waals surface area contributed by atoms with Crippen LogP contribution >= 0.6 is 11.6 Å². The first-order valence-electron chi connectivity index (χ1n) is 7.98. The number of carbonyl (C=O) groups excluding carboxylic acids is 2. The summed E-state index contributed by atoms with van der Waals surface area (Å²) in [6.07, 6.45) is 0.867. The molecular formula is C19H20ClFN2O2. The van der Waals surface area contributed by atoms with Crippen molar-refractivity contribution in [1.29, 1.82) is 0 Å². The number of benzene rings is 2. The number of nitrogens with zero attached hydrogens (tertiary/aromatic N) is 1. The predicted molar refractivity (Wildman–Crippen MR) is 95.9 cm³/mol. The molecule has 25 heavy (non-hydrogen) atoms. The number of hydrogen-bond acceptors (Lipinski definition) is 2. The Kier molecular flexibility index (Phi) is 6.95. The van der Waals surface area contributed by atoms with Gasteiger partial charge < -0.3 is 10.2 Å². The van der Waals surface area contributed by atoms with Gasteiger partial charge >= 0.3 is 0 Å². The van der Waals surface area contributed by atoms with Gasteiger partial charge in [-0.2, -0.15) is 0 Å². The molecule has 0 aliphatic carbocycles. The largest absolute Gasteiger partial charge is 0.352 e. The van der Waals surface area contributed by atoms with E-state index >= 15 is 0 Å². The van der Waals surface area contributed by atoms with Gasteiger partial charge in [-0.3, -0.25) is 9.59 Å². The van der Waals surface area contributed by atoms with Crippen LogP contribution in [0, 0.1) is 5.82 Å². The molecule has 0 unspecified atom stereocenters. The molecule has 0 radical (unpaired) electrons. The summed E-state index contributed by atoms with van der Waals surface area (Å²) in [6, 6.07) is 12.7. The van der Waals surface area contributed by atoms with Crippen LogP contribution in [-0.4, -0.2) is 30.3 Å². The van der Waals surface area contributed by atoms with Crippen molar-refractivity contribution in [2.75, 3.05) is 13.6 Å². The summed E-state index contributed by atoms with van der Waals surface area (Å²) in [5, 5.41) is 3.36. The van der Waals surface area contributed by atoms with Crippen molar-refractivity contribution < 1.29 is 14.0 Å². The first-order chi connectivity index (χ1) is 12.0. The van der Waals surface area contributed by atoms with Crippen LogP contribution in [0.5, 0.6) is 0 Å². The van der Waals surface area contributed by atoms with E-state index in [-0.39, 0.29) is 17.6 Å². The molecule has 0 fully saturated rings. The minimum Gasteiger partial charge on any atom is -0.352 e. The van der Waals surface area contributed by atoms with Crippen molar-refractivity contribution in [3.63, 3.8) is 0 Å². The second-order valence-corrected chi connectivity index (χ2v) is 6.18. The molecule has 0 bridgehead atoms. The first kappa shape index (κ1) is 18.9. The molecule has 6 heteroatoms. The van der Waals surface area contributed by atoms with Gasteiger partial charge in [0.2, 0.25) is 5.91 Å². The summed E-state index contributed by atoms with van der Waals surface area (Å²) in [6.45, 7) is 0.869. The van der Waals surface area contributed by atoms with Crippen molar-refractivity contribution in [2.45, 2.75) is 19.4 Å². The molecule has 2 aromatic carbocycles. The molecule has 4 nitrogen and oxygen atoms in total. The van der Waals surface area contributed by atoms with Crippen molar-refractivity contribution in [2.24, 2.45) is 0 Å². The Labute approximate surface area is 151 Å². The maximum Gasteiger partial charge on any atom is 0.251 e. The van der Waals surface area contributed by atoms with Gasteiger partial charge in [-0.05, 0) is 48.4 Å². The topological polar surface area (TPSA) is 49.4 Å². The highest BCUT2D eigenvalue weighted by Crippen LogP contribution is 2.12. The molecule has 0 saturated carbocycles. The number of hydrogen-bond donors (Lipinski definition) is 1. The number of halogens is 2. The minimum absolute atomic E-state index is 0.00370. The highest BCUT2D eigenvalue weighted by atomic mass is 35.5. The van der Waals surface area contributed by atoms with E-state index < -0.39 is 0 Å². The van der Waals surface area contributed by atoms with Gasteiger partial charge in [-0.25, -0.2) is 4.39 Å². The van der Waals surface area contributed by atoms with Gasteiger partial charge in [0, 0.05) is 37.1 Å². The van der Waals surface area contributed by atoms with Crippen molar-refractivity contribution in [3.8, 4) is 0 Å². The summed E-state index contributed by atoms with van der Waals surface area (Å²) >= 11 is 5.93. The predicted octanol–water partition coefficient (Wildman–Crippen LogP) is 3.65. The average molecular weight is 363 g/mol. The molecule has 0 aromatic heterocycles. The zero-order valence-electron chi connectivity index (χ0n) is 14.0. The van der Waals surface area contributed by atoms with Crippen molar-refractivity contribution in [3.05, 3.63) is 70.5 Å². The molecule has 0 heterocycles. The average Bonchev–Trinajstić information content (AvgIpc) is 2.59. The van der Waals surface area contributed by atoms with Crippen molar-refractivity contribution >= 4 is 23.4 Å². The summed E-state index contributed by atoms with van der Waals surface area (Å²) in [5.74, 6) is -0.666. The first-order valence-corrected chi connectivity index (χ1v) is 8.35. The fraction of sp³-hybridized carbons (Fsp3) is 0.263. The Morgan fingerprint density at radius 1 is 1.16 bits per heavy atom. The van der Waals surface area contributed by atoms with Gasteiger partial charge in [-0.15, -0.1) is 0 Å². The SMILES string of the molecule is CN(Cc1cccc(Cl)c1)C(=O)CCCNC(=O)c1ccc(F)cc1. The molecule has 2 aromatic rings. The van der Waals surface area contributed by atoms with Crippen LogP contribution in [0.4, 0.5) is 4.39 Å². The summed E-state index contributed by atoms with van der Waals surface area (Å²) in [5.41, 5.74) is 1.36. The molecule has 2 amide bonds. The Balaban J connectivity index is 1.71. The van der Waals surface area contributed by atoms with E-state index in [0.717, 1.165) is 5.56 Å². The highest BCUT2D eigenvalue weighted by Gasteiger charge is 2.10. The third-order valence-corrected chi connectivity index (χ3v) is 3.93. The van der Waals surface area contributed by atoms with Gasteiger partial charge in [0.05, 0.1) is 0 Å². The molecule has 1 N–H and O–H groups in total. The van der Waals surface area contributed by atoms with Gasteiger partial charge in [-0.1, -0.05) is 23.7 Å². The smallest absolute Gasteiger partial charge is 0.251 e. The van der Waals surface area contributed by atoms with Crippen LogP contribution in [0.15, 0.2) is 48.5 Å².